The van der Waals surface area contributed by atoms with Crippen molar-refractivity contribution in [2.75, 3.05) is 0 Å². The quantitative estimate of drug-likeness (QED) is 0.445. The van der Waals surface area contributed by atoms with Crippen LogP contribution >= 0.6 is 0 Å². The third-order valence-electron chi connectivity index (χ3n) is 5.08. The van der Waals surface area contributed by atoms with E-state index in [-0.39, 0.29) is 25.2 Å². The normalized spacial score (nSPS) is 17.0. The van der Waals surface area contributed by atoms with Crippen LogP contribution in [0.15, 0.2) is 20.6 Å². The van der Waals surface area contributed by atoms with Crippen molar-refractivity contribution in [2.24, 2.45) is 5.92 Å². The van der Waals surface area contributed by atoms with Crippen molar-refractivity contribution < 1.29 is 42.1 Å². The number of rotatable bonds is 10. The third kappa shape index (κ3) is 5.80. The SMILES string of the molecule is CCCC(=O)[O][Ti]([O]C(=O)CCC)([O]C(=O)CCC)[C]1=C(C)C(C)=C(C)C1C. The molecule has 0 aromatic carbocycles. The molecule has 6 nitrogen and oxygen atoms in total. The van der Waals surface area contributed by atoms with Crippen LogP contribution in [0.2, 0.25) is 0 Å². The molecule has 28 heavy (non-hydrogen) atoms. The fraction of sp³-hybridized carbons (Fsp3) is 0.667. The van der Waals surface area contributed by atoms with Crippen LogP contribution in [0.1, 0.15) is 87.0 Å². The van der Waals surface area contributed by atoms with Crippen molar-refractivity contribution in [3.63, 3.8) is 0 Å². The first-order valence-electron chi connectivity index (χ1n) is 10.2. The van der Waals surface area contributed by atoms with Crippen LogP contribution in [-0.4, -0.2) is 17.9 Å². The minimum atomic E-state index is -4.76. The van der Waals surface area contributed by atoms with E-state index in [1.165, 1.54) is 0 Å². The van der Waals surface area contributed by atoms with Gasteiger partial charge in [0.1, 0.15) is 0 Å². The summed E-state index contributed by atoms with van der Waals surface area (Å²) in [7, 11) is 0. The average molecular weight is 430 g/mol. The fourth-order valence-electron chi connectivity index (χ4n) is 3.30. The number of carbonyl (C=O) groups is 3. The summed E-state index contributed by atoms with van der Waals surface area (Å²) in [5, 5.41) is 0. The van der Waals surface area contributed by atoms with Crippen molar-refractivity contribution >= 4 is 17.9 Å². The van der Waals surface area contributed by atoms with E-state index in [0.29, 0.717) is 23.1 Å². The molecule has 1 aliphatic carbocycles. The van der Waals surface area contributed by atoms with Crippen LogP contribution in [0.25, 0.3) is 0 Å². The zero-order valence-electron chi connectivity index (χ0n) is 18.3. The van der Waals surface area contributed by atoms with E-state index >= 15 is 0 Å². The molecule has 0 aromatic rings. The van der Waals surface area contributed by atoms with Gasteiger partial charge in [0.25, 0.3) is 0 Å². The molecular weight excluding hydrogens is 396 g/mol. The summed E-state index contributed by atoms with van der Waals surface area (Å²) in [4.78, 5) is 37.4. The van der Waals surface area contributed by atoms with Crippen molar-refractivity contribution in [3.8, 4) is 0 Å². The van der Waals surface area contributed by atoms with Crippen molar-refractivity contribution in [1.29, 1.82) is 0 Å². The fourth-order valence-corrected chi connectivity index (χ4v) is 8.07. The Morgan fingerprint density at radius 2 is 1.11 bits per heavy atom. The average Bonchev–Trinajstić information content (AvgIpc) is 2.78. The molecule has 0 fully saturated rings. The molecule has 158 valence electrons. The zero-order chi connectivity index (χ0) is 21.5. The second-order valence-electron chi connectivity index (χ2n) is 7.30. The van der Waals surface area contributed by atoms with Gasteiger partial charge in [0.15, 0.2) is 0 Å². The Morgan fingerprint density at radius 3 is 1.36 bits per heavy atom. The number of carbonyl (C=O) groups excluding carboxylic acids is 3. The second-order valence-corrected chi connectivity index (χ2v) is 10.8. The number of hydrogen-bond acceptors (Lipinski definition) is 6. The van der Waals surface area contributed by atoms with Gasteiger partial charge in [0.05, 0.1) is 0 Å². The maximum absolute atomic E-state index is 12.5. The van der Waals surface area contributed by atoms with Gasteiger partial charge < -0.3 is 0 Å². The van der Waals surface area contributed by atoms with E-state index in [2.05, 4.69) is 0 Å². The van der Waals surface area contributed by atoms with E-state index in [1.54, 1.807) is 0 Å². The van der Waals surface area contributed by atoms with E-state index in [0.717, 1.165) is 16.7 Å². The number of allylic oxidation sites excluding steroid dienone is 4. The van der Waals surface area contributed by atoms with Gasteiger partial charge in [-0.3, -0.25) is 0 Å². The Kier molecular flexibility index (Phi) is 9.65. The first-order valence-corrected chi connectivity index (χ1v) is 12.9. The predicted octanol–water partition coefficient (Wildman–Crippen LogP) is 5.18. The molecule has 1 unspecified atom stereocenters. The van der Waals surface area contributed by atoms with Crippen LogP contribution in [0, 0.1) is 5.92 Å². The van der Waals surface area contributed by atoms with Gasteiger partial charge in [-0.15, -0.1) is 0 Å². The van der Waals surface area contributed by atoms with Gasteiger partial charge in [-0.25, -0.2) is 0 Å². The molecule has 7 heteroatoms. The zero-order valence-corrected chi connectivity index (χ0v) is 19.8. The molecule has 0 saturated heterocycles. The van der Waals surface area contributed by atoms with E-state index < -0.39 is 35.7 Å². The second kappa shape index (κ2) is 11.0. The Bertz CT molecular complexity index is 626. The minimum absolute atomic E-state index is 0.113. The molecule has 1 atom stereocenters. The van der Waals surface area contributed by atoms with E-state index in [9.17, 15) is 14.4 Å². The summed E-state index contributed by atoms with van der Waals surface area (Å²) in [5.74, 6) is -1.60. The van der Waals surface area contributed by atoms with Gasteiger partial charge >= 0.3 is 174 Å². The predicted molar refractivity (Wildman–Crippen MR) is 103 cm³/mol. The summed E-state index contributed by atoms with van der Waals surface area (Å²) in [6.45, 7) is 13.4. The van der Waals surface area contributed by atoms with E-state index in [4.69, 9.17) is 9.96 Å². The summed E-state index contributed by atoms with van der Waals surface area (Å²) in [6, 6.07) is 0. The van der Waals surface area contributed by atoms with Gasteiger partial charge in [-0.1, -0.05) is 0 Å². The molecule has 1 rings (SSSR count). The molecule has 0 N–H and O–H groups in total. The molecule has 0 bridgehead atoms. The summed E-state index contributed by atoms with van der Waals surface area (Å²) >= 11 is -4.76. The first kappa shape index (κ1) is 24.6. The van der Waals surface area contributed by atoms with Crippen molar-refractivity contribution in [1.82, 2.24) is 0 Å². The van der Waals surface area contributed by atoms with Crippen molar-refractivity contribution in [2.45, 2.75) is 87.0 Å². The molecule has 0 aromatic heterocycles. The van der Waals surface area contributed by atoms with Gasteiger partial charge in [0, 0.05) is 0 Å². The van der Waals surface area contributed by atoms with Gasteiger partial charge in [-0.05, 0) is 0 Å². The summed E-state index contributed by atoms with van der Waals surface area (Å²) in [5.41, 5.74) is 3.05. The van der Waals surface area contributed by atoms with Crippen LogP contribution in [0.4, 0.5) is 0 Å². The topological polar surface area (TPSA) is 78.9 Å². The molecule has 0 aliphatic heterocycles. The Labute approximate surface area is 173 Å². The van der Waals surface area contributed by atoms with Gasteiger partial charge in [-0.2, -0.15) is 0 Å². The molecule has 0 spiro atoms. The molecule has 1 aliphatic rings. The Morgan fingerprint density at radius 1 is 0.750 bits per heavy atom. The first-order chi connectivity index (χ1) is 13.1. The number of hydrogen-bond donors (Lipinski definition) is 0. The molecule has 0 radical (unpaired) electrons. The molecule has 0 saturated carbocycles. The molecule has 0 heterocycles. The molecule has 0 amide bonds. The standard InChI is InChI=1S/C9H13.3C4H8O2.Ti/c1-6-5-7(2)9(4)8(6)3;3*1-2-3-4(5)6;/h6H,1-4H3;3*2-3H2,1H3,(H,5,6);/q;;;;+3/p-3. The summed E-state index contributed by atoms with van der Waals surface area (Å²) < 4.78 is 18.1. The third-order valence-corrected chi connectivity index (χ3v) is 9.69. The van der Waals surface area contributed by atoms with Gasteiger partial charge in [0.2, 0.25) is 0 Å². The van der Waals surface area contributed by atoms with Crippen LogP contribution < -0.4 is 0 Å². The Balaban J connectivity index is 3.51. The molecular formula is C21H34O6Ti. The van der Waals surface area contributed by atoms with Crippen LogP contribution in [-0.2, 0) is 42.1 Å². The van der Waals surface area contributed by atoms with Crippen LogP contribution in [0.3, 0.4) is 0 Å². The Hall–Kier alpha value is -1.40. The van der Waals surface area contributed by atoms with E-state index in [1.807, 2.05) is 48.5 Å². The maximum atomic E-state index is 12.5. The van der Waals surface area contributed by atoms with Crippen molar-refractivity contribution in [3.05, 3.63) is 20.6 Å². The summed E-state index contributed by atoms with van der Waals surface area (Å²) in [6.07, 6.45) is 2.30. The monoisotopic (exact) mass is 430 g/mol. The van der Waals surface area contributed by atoms with Crippen LogP contribution in [0.5, 0.6) is 0 Å².